The predicted molar refractivity (Wildman–Crippen MR) is 65.8 cm³/mol. The molecule has 0 rings (SSSR count). The fourth-order valence-electron chi connectivity index (χ4n) is 1.54. The number of hydrogen-bond donors (Lipinski definition) is 0. The van der Waals surface area contributed by atoms with Gasteiger partial charge < -0.3 is 14.0 Å². The smallest absolute Gasteiger partial charge is 0.305 e. The SMILES string of the molecule is CCCP(=O)(CCC(=O)OC)CCC(=O)OC. The second kappa shape index (κ2) is 8.29. The van der Waals surface area contributed by atoms with Crippen LogP contribution in [0.2, 0.25) is 0 Å². The van der Waals surface area contributed by atoms with E-state index in [2.05, 4.69) is 9.47 Å². The van der Waals surface area contributed by atoms with Gasteiger partial charge in [0.05, 0.1) is 34.2 Å². The number of hydrogen-bond acceptors (Lipinski definition) is 5. The Bertz CT molecular complexity index is 276. The summed E-state index contributed by atoms with van der Waals surface area (Å²) in [7, 11) is 0.159. The van der Waals surface area contributed by atoms with E-state index in [4.69, 9.17) is 0 Å². The molecule has 0 bridgehead atoms. The lowest BCUT2D eigenvalue weighted by Crippen LogP contribution is -2.10. The maximum absolute atomic E-state index is 12.4. The molecule has 0 aromatic rings. The Balaban J connectivity index is 4.29. The number of esters is 2. The second-order valence-electron chi connectivity index (χ2n) is 3.88. The van der Waals surface area contributed by atoms with Crippen molar-refractivity contribution in [3.8, 4) is 0 Å². The maximum atomic E-state index is 12.4. The van der Waals surface area contributed by atoms with E-state index in [1.165, 1.54) is 14.2 Å². The van der Waals surface area contributed by atoms with Gasteiger partial charge in [-0.15, -0.1) is 0 Å². The molecule has 0 atom stereocenters. The van der Waals surface area contributed by atoms with Gasteiger partial charge in [-0.1, -0.05) is 6.92 Å². The zero-order valence-electron chi connectivity index (χ0n) is 10.7. The van der Waals surface area contributed by atoms with Crippen LogP contribution >= 0.6 is 7.14 Å². The second-order valence-corrected chi connectivity index (χ2v) is 7.34. The van der Waals surface area contributed by atoms with Crippen molar-refractivity contribution in [2.24, 2.45) is 0 Å². The molecule has 0 unspecified atom stereocenters. The van der Waals surface area contributed by atoms with Crippen molar-refractivity contribution in [1.29, 1.82) is 0 Å². The van der Waals surface area contributed by atoms with Crippen molar-refractivity contribution >= 4 is 19.1 Å². The van der Waals surface area contributed by atoms with Crippen molar-refractivity contribution in [2.75, 3.05) is 32.7 Å². The molecule has 0 N–H and O–H groups in total. The molecule has 0 saturated heterocycles. The van der Waals surface area contributed by atoms with Gasteiger partial charge in [0, 0.05) is 18.5 Å². The topological polar surface area (TPSA) is 69.7 Å². The Morgan fingerprint density at radius 2 is 1.35 bits per heavy atom. The summed E-state index contributed by atoms with van der Waals surface area (Å²) in [5.41, 5.74) is 0. The molecule has 0 radical (unpaired) electrons. The Hall–Kier alpha value is -0.830. The molecular formula is C11H21O5P. The first-order valence-corrected chi connectivity index (χ1v) is 7.94. The first kappa shape index (κ1) is 16.2. The summed E-state index contributed by atoms with van der Waals surface area (Å²) in [6.07, 6.45) is 2.25. The van der Waals surface area contributed by atoms with Gasteiger partial charge in [0.2, 0.25) is 0 Å². The lowest BCUT2D eigenvalue weighted by molar-refractivity contribution is -0.140. The summed E-state index contributed by atoms with van der Waals surface area (Å²) in [6, 6.07) is 0. The van der Waals surface area contributed by atoms with Crippen molar-refractivity contribution in [1.82, 2.24) is 0 Å². The Kier molecular flexibility index (Phi) is 7.88. The molecule has 5 nitrogen and oxygen atoms in total. The molecule has 0 amide bonds. The number of carbonyl (C=O) groups excluding carboxylic acids is 2. The van der Waals surface area contributed by atoms with E-state index in [-0.39, 0.29) is 24.8 Å². The molecule has 17 heavy (non-hydrogen) atoms. The molecule has 0 aromatic carbocycles. The standard InChI is InChI=1S/C11H21O5P/c1-4-7-17(14,8-5-10(12)15-2)9-6-11(13)16-3/h4-9H2,1-3H3. The first-order chi connectivity index (χ1) is 7.97. The van der Waals surface area contributed by atoms with Crippen molar-refractivity contribution < 1.29 is 23.6 Å². The highest BCUT2D eigenvalue weighted by molar-refractivity contribution is 7.63. The number of rotatable bonds is 8. The average Bonchev–Trinajstić information content (AvgIpc) is 2.33. The summed E-state index contributed by atoms with van der Waals surface area (Å²) < 4.78 is 21.5. The zero-order valence-corrected chi connectivity index (χ0v) is 11.6. The number of ether oxygens (including phenoxy) is 2. The Morgan fingerprint density at radius 1 is 0.941 bits per heavy atom. The van der Waals surface area contributed by atoms with Crippen LogP contribution in [0.3, 0.4) is 0 Å². The Morgan fingerprint density at radius 3 is 1.65 bits per heavy atom. The summed E-state index contributed by atoms with van der Waals surface area (Å²) in [4.78, 5) is 22.0. The van der Waals surface area contributed by atoms with Crippen LogP contribution in [0.25, 0.3) is 0 Å². The van der Waals surface area contributed by atoms with Gasteiger partial charge in [0.15, 0.2) is 0 Å². The minimum Gasteiger partial charge on any atom is -0.469 e. The molecule has 0 saturated carbocycles. The normalized spacial score (nSPS) is 11.0. The molecule has 0 aliphatic rings. The number of carbonyl (C=O) groups is 2. The van der Waals surface area contributed by atoms with Crippen LogP contribution in [0, 0.1) is 0 Å². The summed E-state index contributed by atoms with van der Waals surface area (Å²) in [6.45, 7) is 1.93. The van der Waals surface area contributed by atoms with Crippen LogP contribution in [0.5, 0.6) is 0 Å². The average molecular weight is 264 g/mol. The van der Waals surface area contributed by atoms with E-state index >= 15 is 0 Å². The minimum absolute atomic E-state index is 0.148. The lowest BCUT2D eigenvalue weighted by atomic mass is 10.5. The molecule has 0 aromatic heterocycles. The number of methoxy groups -OCH3 is 2. The van der Waals surface area contributed by atoms with Gasteiger partial charge in [-0.25, -0.2) is 0 Å². The predicted octanol–water partition coefficient (Wildman–Crippen LogP) is 1.89. The Labute approximate surface area is 102 Å². The van der Waals surface area contributed by atoms with Crippen molar-refractivity contribution in [3.63, 3.8) is 0 Å². The lowest BCUT2D eigenvalue weighted by Gasteiger charge is -2.16. The van der Waals surface area contributed by atoms with E-state index in [0.29, 0.717) is 18.5 Å². The molecule has 0 fully saturated rings. The van der Waals surface area contributed by atoms with E-state index in [1.807, 2.05) is 6.92 Å². The van der Waals surface area contributed by atoms with Crippen LogP contribution in [0.15, 0.2) is 0 Å². The maximum Gasteiger partial charge on any atom is 0.305 e. The zero-order chi connectivity index (χ0) is 13.3. The van der Waals surface area contributed by atoms with Gasteiger partial charge in [-0.2, -0.15) is 0 Å². The van der Waals surface area contributed by atoms with E-state index in [9.17, 15) is 14.2 Å². The highest BCUT2D eigenvalue weighted by Crippen LogP contribution is 2.47. The van der Waals surface area contributed by atoms with Crippen LogP contribution < -0.4 is 0 Å². The third-order valence-corrected chi connectivity index (χ3v) is 5.87. The molecule has 0 aliphatic heterocycles. The van der Waals surface area contributed by atoms with Gasteiger partial charge >= 0.3 is 11.9 Å². The summed E-state index contributed by atoms with van der Waals surface area (Å²) in [5.74, 6) is -0.723. The third-order valence-electron chi connectivity index (χ3n) is 2.53. The molecule has 6 heteroatoms. The van der Waals surface area contributed by atoms with Crippen molar-refractivity contribution in [2.45, 2.75) is 26.2 Å². The van der Waals surface area contributed by atoms with Gasteiger partial charge in [0.1, 0.15) is 0 Å². The molecule has 0 heterocycles. The quantitative estimate of drug-likeness (QED) is 0.494. The highest BCUT2D eigenvalue weighted by atomic mass is 31.2. The highest BCUT2D eigenvalue weighted by Gasteiger charge is 2.23. The van der Waals surface area contributed by atoms with Crippen LogP contribution in [-0.4, -0.2) is 44.6 Å². The summed E-state index contributed by atoms with van der Waals surface area (Å²) in [5, 5.41) is 0. The monoisotopic (exact) mass is 264 g/mol. The van der Waals surface area contributed by atoms with Crippen LogP contribution in [-0.2, 0) is 23.6 Å². The fraction of sp³-hybridized carbons (Fsp3) is 0.818. The third kappa shape index (κ3) is 7.16. The van der Waals surface area contributed by atoms with Gasteiger partial charge in [-0.3, -0.25) is 9.59 Å². The molecule has 0 spiro atoms. The molecular weight excluding hydrogens is 243 g/mol. The van der Waals surface area contributed by atoms with E-state index < -0.39 is 7.14 Å². The van der Waals surface area contributed by atoms with Crippen LogP contribution in [0.1, 0.15) is 26.2 Å². The fourth-order valence-corrected chi connectivity index (χ4v) is 4.20. The van der Waals surface area contributed by atoms with Crippen molar-refractivity contribution in [3.05, 3.63) is 0 Å². The van der Waals surface area contributed by atoms with Crippen LogP contribution in [0.4, 0.5) is 0 Å². The molecule has 0 aliphatic carbocycles. The summed E-state index contributed by atoms with van der Waals surface area (Å²) >= 11 is 0. The molecule has 100 valence electrons. The van der Waals surface area contributed by atoms with E-state index in [1.54, 1.807) is 0 Å². The minimum atomic E-state index is -2.46. The van der Waals surface area contributed by atoms with E-state index in [0.717, 1.165) is 6.42 Å². The first-order valence-electron chi connectivity index (χ1n) is 5.68. The van der Waals surface area contributed by atoms with Gasteiger partial charge in [0.25, 0.3) is 0 Å². The van der Waals surface area contributed by atoms with Gasteiger partial charge in [-0.05, 0) is 6.42 Å². The largest absolute Gasteiger partial charge is 0.469 e.